The number of nitrogens with zero attached hydrogens (tertiary/aromatic N) is 1. The average molecular weight is 275 g/mol. The molecular weight excluding hydrogens is 249 g/mol. The first-order valence-electron chi connectivity index (χ1n) is 6.65. The molecule has 0 aromatic heterocycles. The van der Waals surface area contributed by atoms with Crippen molar-refractivity contribution in [1.29, 1.82) is 0 Å². The van der Waals surface area contributed by atoms with Crippen LogP contribution in [0.3, 0.4) is 0 Å². The SMILES string of the molecule is CC(C)(C)OC(=O)N1CCCCCC1P(C)(C)=O. The predicted molar refractivity (Wildman–Crippen MR) is 74.7 cm³/mol. The molecule has 1 unspecified atom stereocenters. The highest BCUT2D eigenvalue weighted by atomic mass is 31.2. The summed E-state index contributed by atoms with van der Waals surface area (Å²) in [5, 5.41) is 0. The Morgan fingerprint density at radius 3 is 2.33 bits per heavy atom. The molecule has 1 aliphatic heterocycles. The van der Waals surface area contributed by atoms with Crippen LogP contribution < -0.4 is 0 Å². The summed E-state index contributed by atoms with van der Waals surface area (Å²) < 4.78 is 17.8. The van der Waals surface area contributed by atoms with Crippen molar-refractivity contribution >= 4 is 13.2 Å². The second-order valence-corrected chi connectivity index (χ2v) is 9.90. The van der Waals surface area contributed by atoms with Gasteiger partial charge in [-0.1, -0.05) is 12.8 Å². The third-order valence-corrected chi connectivity index (χ3v) is 5.04. The van der Waals surface area contributed by atoms with Gasteiger partial charge in [-0.3, -0.25) is 4.90 Å². The summed E-state index contributed by atoms with van der Waals surface area (Å²) in [4.78, 5) is 13.9. The lowest BCUT2D eigenvalue weighted by atomic mass is 10.2. The Bertz CT molecular complexity index is 343. The average Bonchev–Trinajstić information content (AvgIpc) is 2.37. The fourth-order valence-electron chi connectivity index (χ4n) is 2.27. The molecule has 0 aliphatic carbocycles. The molecule has 1 atom stereocenters. The number of ether oxygens (including phenoxy) is 1. The summed E-state index contributed by atoms with van der Waals surface area (Å²) >= 11 is 0. The zero-order valence-electron chi connectivity index (χ0n) is 12.2. The number of carbonyl (C=O) groups excluding carboxylic acids is 1. The first-order chi connectivity index (χ1) is 8.11. The number of hydrogen-bond donors (Lipinski definition) is 0. The van der Waals surface area contributed by atoms with Crippen molar-refractivity contribution in [2.24, 2.45) is 0 Å². The summed E-state index contributed by atoms with van der Waals surface area (Å²) in [5.41, 5.74) is -0.501. The van der Waals surface area contributed by atoms with Gasteiger partial charge < -0.3 is 9.30 Å². The molecule has 1 rings (SSSR count). The number of likely N-dealkylation sites (tertiary alicyclic amines) is 1. The lowest BCUT2D eigenvalue weighted by Gasteiger charge is -2.34. The van der Waals surface area contributed by atoms with Crippen molar-refractivity contribution in [3.8, 4) is 0 Å². The molecule has 0 aromatic carbocycles. The molecule has 1 heterocycles. The summed E-state index contributed by atoms with van der Waals surface area (Å²) in [7, 11) is -2.32. The lowest BCUT2D eigenvalue weighted by molar-refractivity contribution is 0.0226. The molecule has 1 fully saturated rings. The maximum Gasteiger partial charge on any atom is 0.410 e. The maximum absolute atomic E-state index is 12.4. The van der Waals surface area contributed by atoms with Gasteiger partial charge in [-0.2, -0.15) is 0 Å². The molecule has 0 saturated carbocycles. The lowest BCUT2D eigenvalue weighted by Crippen LogP contribution is -2.42. The predicted octanol–water partition coefficient (Wildman–Crippen LogP) is 3.75. The van der Waals surface area contributed by atoms with E-state index in [-0.39, 0.29) is 11.9 Å². The molecular formula is C13H26NO3P. The highest BCUT2D eigenvalue weighted by molar-refractivity contribution is 7.63. The van der Waals surface area contributed by atoms with Crippen LogP contribution in [0.25, 0.3) is 0 Å². The molecule has 1 saturated heterocycles. The van der Waals surface area contributed by atoms with Crippen LogP contribution in [-0.2, 0) is 9.30 Å². The largest absolute Gasteiger partial charge is 0.444 e. The Balaban J connectivity index is 2.86. The van der Waals surface area contributed by atoms with Gasteiger partial charge in [0.15, 0.2) is 0 Å². The first-order valence-corrected chi connectivity index (χ1v) is 9.32. The zero-order chi connectivity index (χ0) is 14.0. The highest BCUT2D eigenvalue weighted by Gasteiger charge is 2.35. The van der Waals surface area contributed by atoms with Gasteiger partial charge in [-0.15, -0.1) is 0 Å². The minimum atomic E-state index is -2.32. The van der Waals surface area contributed by atoms with E-state index in [9.17, 15) is 9.36 Å². The standard InChI is InChI=1S/C13H26NO3P/c1-13(2,3)17-12(15)14-10-8-6-7-9-11(14)18(4,5)16/h11H,6-10H2,1-5H3. The zero-order valence-corrected chi connectivity index (χ0v) is 13.1. The first kappa shape index (κ1) is 15.6. The quantitative estimate of drug-likeness (QED) is 0.685. The van der Waals surface area contributed by atoms with E-state index in [1.807, 2.05) is 20.8 Å². The Hall–Kier alpha value is -0.500. The van der Waals surface area contributed by atoms with Crippen LogP contribution in [0, 0.1) is 0 Å². The van der Waals surface area contributed by atoms with Gasteiger partial charge in [-0.25, -0.2) is 4.79 Å². The van der Waals surface area contributed by atoms with Crippen molar-refractivity contribution < 1.29 is 14.1 Å². The van der Waals surface area contributed by atoms with Crippen LogP contribution in [0.2, 0.25) is 0 Å². The maximum atomic E-state index is 12.4. The van der Waals surface area contributed by atoms with Crippen molar-refractivity contribution in [1.82, 2.24) is 4.90 Å². The van der Waals surface area contributed by atoms with Crippen molar-refractivity contribution in [2.75, 3.05) is 19.9 Å². The van der Waals surface area contributed by atoms with E-state index in [0.717, 1.165) is 25.7 Å². The molecule has 1 amide bonds. The van der Waals surface area contributed by atoms with Gasteiger partial charge in [0.25, 0.3) is 0 Å². The van der Waals surface area contributed by atoms with Crippen molar-refractivity contribution in [2.45, 2.75) is 57.8 Å². The number of carbonyl (C=O) groups is 1. The number of hydrogen-bond acceptors (Lipinski definition) is 3. The Kier molecular flexibility index (Phi) is 4.88. The van der Waals surface area contributed by atoms with E-state index < -0.39 is 12.7 Å². The van der Waals surface area contributed by atoms with Crippen molar-refractivity contribution in [3.05, 3.63) is 0 Å². The fourth-order valence-corrected chi connectivity index (χ4v) is 3.96. The minimum absolute atomic E-state index is 0.158. The van der Waals surface area contributed by atoms with E-state index in [2.05, 4.69) is 0 Å². The van der Waals surface area contributed by atoms with E-state index >= 15 is 0 Å². The van der Waals surface area contributed by atoms with E-state index in [1.165, 1.54) is 0 Å². The van der Waals surface area contributed by atoms with E-state index in [1.54, 1.807) is 18.2 Å². The van der Waals surface area contributed by atoms with E-state index in [0.29, 0.717) is 6.54 Å². The summed E-state index contributed by atoms with van der Waals surface area (Å²) in [6.45, 7) is 9.76. The number of amides is 1. The van der Waals surface area contributed by atoms with E-state index in [4.69, 9.17) is 4.74 Å². The highest BCUT2D eigenvalue weighted by Crippen LogP contribution is 2.47. The second-order valence-electron chi connectivity index (χ2n) is 6.44. The summed E-state index contributed by atoms with van der Waals surface area (Å²) in [5.74, 6) is -0.158. The molecule has 0 spiro atoms. The molecule has 106 valence electrons. The van der Waals surface area contributed by atoms with Crippen LogP contribution in [0.5, 0.6) is 0 Å². The Morgan fingerprint density at radius 1 is 1.22 bits per heavy atom. The Morgan fingerprint density at radius 2 is 1.83 bits per heavy atom. The normalized spacial score (nSPS) is 22.5. The smallest absolute Gasteiger partial charge is 0.410 e. The van der Waals surface area contributed by atoms with Crippen LogP contribution in [0.15, 0.2) is 0 Å². The molecule has 18 heavy (non-hydrogen) atoms. The van der Waals surface area contributed by atoms with Gasteiger partial charge in [-0.05, 0) is 46.9 Å². The van der Waals surface area contributed by atoms with Crippen LogP contribution >= 0.6 is 7.14 Å². The fraction of sp³-hybridized carbons (Fsp3) is 0.923. The molecule has 1 aliphatic rings. The molecule has 0 aromatic rings. The van der Waals surface area contributed by atoms with Gasteiger partial charge >= 0.3 is 6.09 Å². The van der Waals surface area contributed by atoms with Crippen LogP contribution in [0.1, 0.15) is 46.5 Å². The molecule has 4 nitrogen and oxygen atoms in total. The van der Waals surface area contributed by atoms with Gasteiger partial charge in [0.2, 0.25) is 0 Å². The Labute approximate surface area is 110 Å². The summed E-state index contributed by atoms with van der Waals surface area (Å²) in [6.07, 6.45) is 3.60. The number of rotatable bonds is 1. The van der Waals surface area contributed by atoms with Crippen molar-refractivity contribution in [3.63, 3.8) is 0 Å². The minimum Gasteiger partial charge on any atom is -0.444 e. The topological polar surface area (TPSA) is 46.6 Å². The van der Waals surface area contributed by atoms with Crippen LogP contribution in [0.4, 0.5) is 4.79 Å². The molecule has 0 radical (unpaired) electrons. The molecule has 5 heteroatoms. The third-order valence-electron chi connectivity index (χ3n) is 3.07. The summed E-state index contributed by atoms with van der Waals surface area (Å²) in [6, 6.07) is 0. The third kappa shape index (κ3) is 4.64. The van der Waals surface area contributed by atoms with Crippen LogP contribution in [-0.4, -0.2) is 42.3 Å². The van der Waals surface area contributed by atoms with Gasteiger partial charge in [0, 0.05) is 6.54 Å². The molecule has 0 bridgehead atoms. The second kappa shape index (κ2) is 5.64. The van der Waals surface area contributed by atoms with Gasteiger partial charge in [0.1, 0.15) is 12.7 Å². The van der Waals surface area contributed by atoms with Gasteiger partial charge in [0.05, 0.1) is 5.78 Å². The monoisotopic (exact) mass is 275 g/mol. The molecule has 0 N–H and O–H groups in total.